The van der Waals surface area contributed by atoms with E-state index >= 15 is 0 Å². The number of halogens is 1. The number of hydrogen-bond donors (Lipinski definition) is 1. The van der Waals surface area contributed by atoms with Crippen molar-refractivity contribution in [1.29, 1.82) is 0 Å². The van der Waals surface area contributed by atoms with Crippen LogP contribution in [0.1, 0.15) is 5.56 Å². The number of rotatable bonds is 1. The first-order chi connectivity index (χ1) is 6.66. The van der Waals surface area contributed by atoms with Crippen molar-refractivity contribution >= 4 is 16.5 Å². The predicted molar refractivity (Wildman–Crippen MR) is 56.7 cm³/mol. The van der Waals surface area contributed by atoms with Crippen molar-refractivity contribution in [3.8, 4) is 10.4 Å². The van der Waals surface area contributed by atoms with Crippen LogP contribution < -0.4 is 5.73 Å². The van der Waals surface area contributed by atoms with Crippen LogP contribution in [0.2, 0.25) is 0 Å². The lowest BCUT2D eigenvalue weighted by molar-refractivity contribution is 0.631. The fourth-order valence-electron chi connectivity index (χ4n) is 1.24. The van der Waals surface area contributed by atoms with Gasteiger partial charge < -0.3 is 5.73 Å². The van der Waals surface area contributed by atoms with Crippen molar-refractivity contribution in [2.24, 2.45) is 0 Å². The zero-order valence-corrected chi connectivity index (χ0v) is 8.44. The van der Waals surface area contributed by atoms with E-state index in [1.165, 1.54) is 17.4 Å². The van der Waals surface area contributed by atoms with E-state index in [0.717, 1.165) is 10.4 Å². The third kappa shape index (κ3) is 1.61. The van der Waals surface area contributed by atoms with Crippen molar-refractivity contribution in [1.82, 2.24) is 4.98 Å². The Balaban J connectivity index is 2.55. The van der Waals surface area contributed by atoms with Gasteiger partial charge in [-0.25, -0.2) is 9.37 Å². The first-order valence-electron chi connectivity index (χ1n) is 4.14. The molecule has 0 aliphatic heterocycles. The maximum absolute atomic E-state index is 13.4. The lowest BCUT2D eigenvalue weighted by Crippen LogP contribution is -1.82. The molecule has 0 saturated carbocycles. The summed E-state index contributed by atoms with van der Waals surface area (Å²) in [5.74, 6) is -0.237. The Morgan fingerprint density at radius 1 is 1.43 bits per heavy atom. The lowest BCUT2D eigenvalue weighted by Gasteiger charge is -2.00. The van der Waals surface area contributed by atoms with Crippen LogP contribution in [-0.2, 0) is 0 Å². The molecule has 1 aromatic carbocycles. The topological polar surface area (TPSA) is 38.9 Å². The molecule has 0 atom stereocenters. The second kappa shape index (κ2) is 3.38. The van der Waals surface area contributed by atoms with Crippen LogP contribution in [0.15, 0.2) is 24.4 Å². The van der Waals surface area contributed by atoms with Gasteiger partial charge >= 0.3 is 0 Å². The third-order valence-electron chi connectivity index (χ3n) is 1.91. The zero-order valence-electron chi connectivity index (χ0n) is 7.62. The second-order valence-electron chi connectivity index (χ2n) is 3.05. The molecule has 0 amide bonds. The summed E-state index contributed by atoms with van der Waals surface area (Å²) in [4.78, 5) is 4.66. The number of aryl methyl sites for hydroxylation is 1. The minimum absolute atomic E-state index is 0.237. The van der Waals surface area contributed by atoms with E-state index in [1.54, 1.807) is 18.3 Å². The molecule has 0 bridgehead atoms. The van der Waals surface area contributed by atoms with E-state index in [-0.39, 0.29) is 5.82 Å². The number of nitrogens with two attached hydrogens (primary N) is 1. The summed E-state index contributed by atoms with van der Waals surface area (Å²) >= 11 is 1.29. The largest absolute Gasteiger partial charge is 0.375 e. The van der Waals surface area contributed by atoms with Gasteiger partial charge in [-0.2, -0.15) is 0 Å². The summed E-state index contributed by atoms with van der Waals surface area (Å²) in [5, 5.41) is 0.459. The molecule has 4 heteroatoms. The Kier molecular flexibility index (Phi) is 2.21. The Morgan fingerprint density at radius 2 is 2.21 bits per heavy atom. The average Bonchev–Trinajstić information content (AvgIpc) is 2.56. The molecule has 2 aromatic rings. The summed E-state index contributed by atoms with van der Waals surface area (Å²) in [6, 6.07) is 4.99. The predicted octanol–water partition coefficient (Wildman–Crippen LogP) is 2.84. The van der Waals surface area contributed by atoms with Crippen molar-refractivity contribution in [3.63, 3.8) is 0 Å². The molecule has 1 heterocycles. The van der Waals surface area contributed by atoms with Crippen LogP contribution in [0, 0.1) is 12.7 Å². The van der Waals surface area contributed by atoms with Gasteiger partial charge in [0.1, 0.15) is 5.82 Å². The van der Waals surface area contributed by atoms with Gasteiger partial charge in [-0.15, -0.1) is 0 Å². The van der Waals surface area contributed by atoms with Gasteiger partial charge in [0.05, 0.1) is 4.88 Å². The summed E-state index contributed by atoms with van der Waals surface area (Å²) in [5.41, 5.74) is 7.08. The van der Waals surface area contributed by atoms with E-state index in [2.05, 4.69) is 4.98 Å². The molecule has 0 radical (unpaired) electrons. The molecular formula is C10H9FN2S. The fourth-order valence-corrected chi connectivity index (χ4v) is 1.94. The number of hydrogen-bond acceptors (Lipinski definition) is 3. The van der Waals surface area contributed by atoms with Crippen molar-refractivity contribution < 1.29 is 4.39 Å². The van der Waals surface area contributed by atoms with Crippen LogP contribution in [0.25, 0.3) is 10.4 Å². The molecule has 2 nitrogen and oxygen atoms in total. The molecule has 1 aromatic heterocycles. The van der Waals surface area contributed by atoms with Crippen molar-refractivity contribution in [3.05, 3.63) is 35.8 Å². The molecule has 0 aliphatic carbocycles. The number of benzene rings is 1. The molecule has 14 heavy (non-hydrogen) atoms. The summed E-state index contributed by atoms with van der Waals surface area (Å²) in [7, 11) is 0. The standard InChI is InChI=1S/C10H9FN2S/c1-6-2-3-8(11)7(4-6)9-5-13-10(12)14-9/h2-5H,1H3,(H2,12,13). The van der Waals surface area contributed by atoms with E-state index < -0.39 is 0 Å². The van der Waals surface area contributed by atoms with Crippen LogP contribution >= 0.6 is 11.3 Å². The molecule has 2 N–H and O–H groups in total. The van der Waals surface area contributed by atoms with E-state index in [4.69, 9.17) is 5.73 Å². The van der Waals surface area contributed by atoms with Crippen LogP contribution in [0.3, 0.4) is 0 Å². The number of nitrogens with zero attached hydrogens (tertiary/aromatic N) is 1. The number of nitrogen functional groups attached to an aromatic ring is 1. The molecule has 0 saturated heterocycles. The highest BCUT2D eigenvalue weighted by Crippen LogP contribution is 2.29. The van der Waals surface area contributed by atoms with Gasteiger partial charge in [0, 0.05) is 11.8 Å². The van der Waals surface area contributed by atoms with E-state index in [0.29, 0.717) is 10.7 Å². The van der Waals surface area contributed by atoms with Crippen LogP contribution in [-0.4, -0.2) is 4.98 Å². The van der Waals surface area contributed by atoms with Crippen molar-refractivity contribution in [2.75, 3.05) is 5.73 Å². The molecule has 0 unspecified atom stereocenters. The minimum atomic E-state index is -0.237. The van der Waals surface area contributed by atoms with Crippen LogP contribution in [0.4, 0.5) is 9.52 Å². The molecular weight excluding hydrogens is 199 g/mol. The Morgan fingerprint density at radius 3 is 2.86 bits per heavy atom. The number of aromatic nitrogens is 1. The number of anilines is 1. The van der Waals surface area contributed by atoms with Gasteiger partial charge in [0.15, 0.2) is 5.13 Å². The highest BCUT2D eigenvalue weighted by atomic mass is 32.1. The Bertz CT molecular complexity index is 465. The van der Waals surface area contributed by atoms with E-state index in [9.17, 15) is 4.39 Å². The smallest absolute Gasteiger partial charge is 0.180 e. The maximum Gasteiger partial charge on any atom is 0.180 e. The van der Waals surface area contributed by atoms with Gasteiger partial charge in [0.2, 0.25) is 0 Å². The fraction of sp³-hybridized carbons (Fsp3) is 0.100. The summed E-state index contributed by atoms with van der Waals surface area (Å²) in [6.07, 6.45) is 1.60. The van der Waals surface area contributed by atoms with E-state index in [1.807, 2.05) is 6.92 Å². The molecule has 2 rings (SSSR count). The summed E-state index contributed by atoms with van der Waals surface area (Å²) < 4.78 is 13.4. The highest BCUT2D eigenvalue weighted by molar-refractivity contribution is 7.18. The molecule has 72 valence electrons. The quantitative estimate of drug-likeness (QED) is 0.782. The number of thiazole rings is 1. The van der Waals surface area contributed by atoms with Gasteiger partial charge in [-0.1, -0.05) is 23.0 Å². The van der Waals surface area contributed by atoms with Gasteiger partial charge in [0.25, 0.3) is 0 Å². The normalized spacial score (nSPS) is 10.4. The third-order valence-corrected chi connectivity index (χ3v) is 2.77. The first-order valence-corrected chi connectivity index (χ1v) is 4.96. The Hall–Kier alpha value is -1.42. The Labute approximate surface area is 85.2 Å². The maximum atomic E-state index is 13.4. The zero-order chi connectivity index (χ0) is 10.1. The molecule has 0 fully saturated rings. The highest BCUT2D eigenvalue weighted by Gasteiger charge is 2.07. The van der Waals surface area contributed by atoms with Gasteiger partial charge in [-0.05, 0) is 19.1 Å². The van der Waals surface area contributed by atoms with Gasteiger partial charge in [-0.3, -0.25) is 0 Å². The lowest BCUT2D eigenvalue weighted by atomic mass is 10.1. The molecule has 0 spiro atoms. The van der Waals surface area contributed by atoms with Crippen molar-refractivity contribution in [2.45, 2.75) is 6.92 Å². The first kappa shape index (κ1) is 9.15. The summed E-state index contributed by atoms with van der Waals surface area (Å²) in [6.45, 7) is 1.92. The average molecular weight is 208 g/mol. The minimum Gasteiger partial charge on any atom is -0.375 e. The monoisotopic (exact) mass is 208 g/mol. The second-order valence-corrected chi connectivity index (χ2v) is 4.11. The molecule has 0 aliphatic rings. The van der Waals surface area contributed by atoms with Crippen LogP contribution in [0.5, 0.6) is 0 Å². The SMILES string of the molecule is Cc1ccc(F)c(-c2cnc(N)s2)c1.